The van der Waals surface area contributed by atoms with Gasteiger partial charge in [0.05, 0.1) is 23.0 Å². The molecule has 4 nitrogen and oxygen atoms in total. The number of hydrogen-bond donors (Lipinski definition) is 1. The highest BCUT2D eigenvalue weighted by atomic mass is 35.5. The van der Waals surface area contributed by atoms with Crippen LogP contribution in [0.1, 0.15) is 16.8 Å². The van der Waals surface area contributed by atoms with Crippen LogP contribution in [-0.2, 0) is 6.61 Å². The van der Waals surface area contributed by atoms with E-state index in [4.69, 9.17) is 21.6 Å². The number of aryl methyl sites for hydroxylation is 1. The highest BCUT2D eigenvalue weighted by Crippen LogP contribution is 2.27. The van der Waals surface area contributed by atoms with Gasteiger partial charge in [-0.05, 0) is 66.6 Å². The third-order valence-electron chi connectivity index (χ3n) is 4.61. The summed E-state index contributed by atoms with van der Waals surface area (Å²) in [6, 6.07) is 25.0. The maximum atomic E-state index is 8.99. The Balaban J connectivity index is 1.48. The fraction of sp³-hybridized carbons (Fsp3) is 0.0833. The van der Waals surface area contributed by atoms with Gasteiger partial charge in [-0.3, -0.25) is 0 Å². The summed E-state index contributed by atoms with van der Waals surface area (Å²) < 4.78 is 5.84. The van der Waals surface area contributed by atoms with Crippen LogP contribution in [0.4, 0.5) is 0 Å². The number of nitrogens with one attached hydrogen (secondary N) is 1. The molecule has 1 heterocycles. The Bertz CT molecular complexity index is 1170. The van der Waals surface area contributed by atoms with E-state index in [1.54, 1.807) is 6.07 Å². The molecule has 0 atom stereocenters. The Morgan fingerprint density at radius 1 is 1.00 bits per heavy atom. The summed E-state index contributed by atoms with van der Waals surface area (Å²) in [5.41, 5.74) is 5.53. The number of aromatic amines is 1. The summed E-state index contributed by atoms with van der Waals surface area (Å²) in [7, 11) is 0. The number of aromatic nitrogens is 2. The van der Waals surface area contributed by atoms with Gasteiger partial charge < -0.3 is 9.72 Å². The van der Waals surface area contributed by atoms with Gasteiger partial charge in [0.15, 0.2) is 0 Å². The molecule has 142 valence electrons. The van der Waals surface area contributed by atoms with Crippen molar-refractivity contribution < 1.29 is 4.74 Å². The van der Waals surface area contributed by atoms with Gasteiger partial charge in [-0.25, -0.2) is 4.98 Å². The van der Waals surface area contributed by atoms with E-state index in [0.29, 0.717) is 17.2 Å². The number of imidazole rings is 1. The average Bonchev–Trinajstić information content (AvgIpc) is 3.15. The summed E-state index contributed by atoms with van der Waals surface area (Å²) in [5.74, 6) is 1.57. The number of benzene rings is 3. The van der Waals surface area contributed by atoms with Crippen molar-refractivity contribution in [3.63, 3.8) is 0 Å². The van der Waals surface area contributed by atoms with Crippen molar-refractivity contribution in [2.24, 2.45) is 0 Å². The third-order valence-corrected chi connectivity index (χ3v) is 4.86. The number of hydrogen-bond acceptors (Lipinski definition) is 3. The van der Waals surface area contributed by atoms with E-state index in [1.165, 1.54) is 0 Å². The first kappa shape index (κ1) is 18.8. The van der Waals surface area contributed by atoms with Crippen molar-refractivity contribution in [2.45, 2.75) is 13.5 Å². The molecule has 0 radical (unpaired) electrons. The number of H-pyrrole nitrogens is 1. The first-order valence-corrected chi connectivity index (χ1v) is 9.55. The van der Waals surface area contributed by atoms with Crippen molar-refractivity contribution in [2.75, 3.05) is 0 Å². The standard InChI is InChI=1S/C24H18ClN3O/c1-16-23(19-5-9-21(25)10-6-19)28-24(27-16)20-7-11-22(12-8-20)29-15-18-4-2-3-17(13-18)14-26/h2-13H,15H2,1H3,(H,27,28). The van der Waals surface area contributed by atoms with Crippen LogP contribution in [-0.4, -0.2) is 9.97 Å². The van der Waals surface area contributed by atoms with Crippen LogP contribution in [0.3, 0.4) is 0 Å². The number of ether oxygens (including phenoxy) is 1. The van der Waals surface area contributed by atoms with Gasteiger partial charge >= 0.3 is 0 Å². The van der Waals surface area contributed by atoms with Crippen molar-refractivity contribution in [3.8, 4) is 34.5 Å². The molecule has 29 heavy (non-hydrogen) atoms. The lowest BCUT2D eigenvalue weighted by atomic mass is 10.1. The molecule has 0 saturated carbocycles. The molecule has 0 fully saturated rings. The Kier molecular flexibility index (Phi) is 5.33. The maximum Gasteiger partial charge on any atom is 0.138 e. The molecule has 1 aromatic heterocycles. The van der Waals surface area contributed by atoms with E-state index in [-0.39, 0.29) is 0 Å². The second-order valence-electron chi connectivity index (χ2n) is 6.68. The lowest BCUT2D eigenvalue weighted by molar-refractivity contribution is 0.306. The van der Waals surface area contributed by atoms with Crippen LogP contribution in [0.2, 0.25) is 5.02 Å². The van der Waals surface area contributed by atoms with E-state index < -0.39 is 0 Å². The van der Waals surface area contributed by atoms with Crippen molar-refractivity contribution in [3.05, 3.63) is 94.6 Å². The number of nitrogens with zero attached hydrogens (tertiary/aromatic N) is 2. The predicted molar refractivity (Wildman–Crippen MR) is 115 cm³/mol. The van der Waals surface area contributed by atoms with Gasteiger partial charge in [0.25, 0.3) is 0 Å². The summed E-state index contributed by atoms with van der Waals surface area (Å²) >= 11 is 5.98. The summed E-state index contributed by atoms with van der Waals surface area (Å²) in [4.78, 5) is 8.06. The minimum Gasteiger partial charge on any atom is -0.489 e. The van der Waals surface area contributed by atoms with E-state index in [1.807, 2.05) is 73.7 Å². The van der Waals surface area contributed by atoms with E-state index >= 15 is 0 Å². The molecule has 1 N–H and O–H groups in total. The van der Waals surface area contributed by atoms with Gasteiger partial charge in [-0.1, -0.05) is 35.9 Å². The second-order valence-corrected chi connectivity index (χ2v) is 7.11. The molecular weight excluding hydrogens is 382 g/mol. The highest BCUT2D eigenvalue weighted by Gasteiger charge is 2.10. The molecule has 0 amide bonds. The van der Waals surface area contributed by atoms with Gasteiger partial charge in [0, 0.05) is 10.6 Å². The Morgan fingerprint density at radius 2 is 1.72 bits per heavy atom. The molecule has 5 heteroatoms. The van der Waals surface area contributed by atoms with Crippen LogP contribution in [0, 0.1) is 18.3 Å². The van der Waals surface area contributed by atoms with E-state index in [2.05, 4.69) is 16.0 Å². The molecular formula is C24H18ClN3O. The zero-order valence-electron chi connectivity index (χ0n) is 15.8. The first-order chi connectivity index (χ1) is 14.1. The van der Waals surface area contributed by atoms with Crippen molar-refractivity contribution in [1.82, 2.24) is 9.97 Å². The van der Waals surface area contributed by atoms with Gasteiger partial charge in [-0.15, -0.1) is 0 Å². The monoisotopic (exact) mass is 399 g/mol. The fourth-order valence-electron chi connectivity index (χ4n) is 3.10. The zero-order chi connectivity index (χ0) is 20.2. The van der Waals surface area contributed by atoms with Gasteiger partial charge in [0.2, 0.25) is 0 Å². The molecule has 0 saturated heterocycles. The highest BCUT2D eigenvalue weighted by molar-refractivity contribution is 6.30. The normalized spacial score (nSPS) is 10.5. The molecule has 0 aliphatic carbocycles. The average molecular weight is 400 g/mol. The molecule has 0 unspecified atom stereocenters. The van der Waals surface area contributed by atoms with Crippen LogP contribution in [0.25, 0.3) is 22.6 Å². The number of halogens is 1. The molecule has 0 aliphatic rings. The van der Waals surface area contributed by atoms with Crippen LogP contribution < -0.4 is 4.74 Å². The number of nitriles is 1. The second kappa shape index (κ2) is 8.22. The minimum absolute atomic E-state index is 0.412. The Morgan fingerprint density at radius 3 is 2.45 bits per heavy atom. The maximum absolute atomic E-state index is 8.99. The quantitative estimate of drug-likeness (QED) is 0.437. The van der Waals surface area contributed by atoms with E-state index in [0.717, 1.165) is 39.7 Å². The predicted octanol–water partition coefficient (Wildman–Crippen LogP) is 6.16. The molecule has 4 aromatic rings. The first-order valence-electron chi connectivity index (χ1n) is 9.17. The van der Waals surface area contributed by atoms with Crippen molar-refractivity contribution in [1.29, 1.82) is 5.26 Å². The number of rotatable bonds is 5. The lowest BCUT2D eigenvalue weighted by Gasteiger charge is -2.07. The summed E-state index contributed by atoms with van der Waals surface area (Å²) in [6.45, 7) is 2.40. The molecule has 3 aromatic carbocycles. The Hall–Kier alpha value is -3.55. The largest absolute Gasteiger partial charge is 0.489 e. The van der Waals surface area contributed by atoms with Crippen molar-refractivity contribution >= 4 is 11.6 Å². The van der Waals surface area contributed by atoms with Gasteiger partial charge in [-0.2, -0.15) is 5.26 Å². The summed E-state index contributed by atoms with van der Waals surface area (Å²) in [6.07, 6.45) is 0. The summed E-state index contributed by atoms with van der Waals surface area (Å²) in [5, 5.41) is 9.70. The van der Waals surface area contributed by atoms with Crippen LogP contribution in [0.15, 0.2) is 72.8 Å². The molecule has 0 bridgehead atoms. The van der Waals surface area contributed by atoms with E-state index in [9.17, 15) is 0 Å². The fourth-order valence-corrected chi connectivity index (χ4v) is 3.23. The Labute approximate surface area is 174 Å². The zero-order valence-corrected chi connectivity index (χ0v) is 16.6. The SMILES string of the molecule is Cc1nc(-c2ccc(OCc3cccc(C#N)c3)cc2)[nH]c1-c1ccc(Cl)cc1. The lowest BCUT2D eigenvalue weighted by Crippen LogP contribution is -1.95. The van der Waals surface area contributed by atoms with Crippen LogP contribution >= 0.6 is 11.6 Å². The topological polar surface area (TPSA) is 61.7 Å². The minimum atomic E-state index is 0.412. The molecule has 4 rings (SSSR count). The van der Waals surface area contributed by atoms with Gasteiger partial charge in [0.1, 0.15) is 18.2 Å². The smallest absolute Gasteiger partial charge is 0.138 e. The van der Waals surface area contributed by atoms with Crippen LogP contribution in [0.5, 0.6) is 5.75 Å². The molecule has 0 aliphatic heterocycles. The third kappa shape index (κ3) is 4.31. The molecule has 0 spiro atoms.